The molecule has 1 atom stereocenters. The summed E-state index contributed by atoms with van der Waals surface area (Å²) >= 11 is 0. The fraction of sp³-hybridized carbons (Fsp3) is 1.00. The molecule has 0 aromatic carbocycles. The van der Waals surface area contributed by atoms with Crippen LogP contribution in [-0.4, -0.2) is 31.1 Å². The van der Waals surface area contributed by atoms with E-state index >= 15 is 0 Å². The fourth-order valence-electron chi connectivity index (χ4n) is 6.47. The van der Waals surface area contributed by atoms with Crippen molar-refractivity contribution in [1.29, 1.82) is 0 Å². The van der Waals surface area contributed by atoms with Crippen molar-refractivity contribution in [3.05, 3.63) is 0 Å². The summed E-state index contributed by atoms with van der Waals surface area (Å²) in [6.07, 6.45) is 11.8. The first-order chi connectivity index (χ1) is 9.14. The molecule has 5 rings (SSSR count). The smallest absolute Gasteiger partial charge is 0.0125 e. The highest BCUT2D eigenvalue weighted by atomic mass is 15.1. The monoisotopic (exact) mass is 262 g/mol. The Labute approximate surface area is 118 Å². The Hall–Kier alpha value is -0.0800. The van der Waals surface area contributed by atoms with Crippen LogP contribution in [0, 0.1) is 29.1 Å². The van der Waals surface area contributed by atoms with E-state index < -0.39 is 0 Å². The molecule has 1 heterocycles. The van der Waals surface area contributed by atoms with Gasteiger partial charge < -0.3 is 10.6 Å². The number of nitrogens with zero attached hydrogens (tertiary/aromatic N) is 1. The quantitative estimate of drug-likeness (QED) is 0.829. The van der Waals surface area contributed by atoms with Gasteiger partial charge in [-0.1, -0.05) is 0 Å². The van der Waals surface area contributed by atoms with Gasteiger partial charge in [0.25, 0.3) is 0 Å². The van der Waals surface area contributed by atoms with Crippen LogP contribution in [0.2, 0.25) is 0 Å². The number of rotatable bonds is 2. The second-order valence-corrected chi connectivity index (χ2v) is 8.45. The molecule has 1 aliphatic heterocycles. The van der Waals surface area contributed by atoms with Gasteiger partial charge in [0.2, 0.25) is 0 Å². The summed E-state index contributed by atoms with van der Waals surface area (Å²) in [6, 6.07) is 0.509. The van der Waals surface area contributed by atoms with Crippen LogP contribution < -0.4 is 5.73 Å². The van der Waals surface area contributed by atoms with Crippen molar-refractivity contribution in [2.75, 3.05) is 20.1 Å². The van der Waals surface area contributed by atoms with Crippen molar-refractivity contribution >= 4 is 0 Å². The summed E-state index contributed by atoms with van der Waals surface area (Å²) in [4.78, 5) is 2.48. The van der Waals surface area contributed by atoms with Crippen LogP contribution >= 0.6 is 0 Å². The molecule has 2 N–H and O–H groups in total. The molecule has 0 radical (unpaired) electrons. The Morgan fingerprint density at radius 3 is 1.89 bits per heavy atom. The van der Waals surface area contributed by atoms with Crippen molar-refractivity contribution in [1.82, 2.24) is 4.90 Å². The maximum Gasteiger partial charge on any atom is 0.0125 e. The van der Waals surface area contributed by atoms with E-state index in [0.717, 1.165) is 23.7 Å². The van der Waals surface area contributed by atoms with Gasteiger partial charge in [-0.3, -0.25) is 0 Å². The van der Waals surface area contributed by atoms with Gasteiger partial charge in [0.1, 0.15) is 0 Å². The molecule has 0 aromatic rings. The SMILES string of the molecule is CN1CCC(C(N)C23CC4CC(CC(C4)C2)C3)CC1. The number of hydrogen-bond acceptors (Lipinski definition) is 2. The van der Waals surface area contributed by atoms with E-state index in [1.54, 1.807) is 19.3 Å². The van der Waals surface area contributed by atoms with Crippen molar-refractivity contribution in [2.45, 2.75) is 57.4 Å². The van der Waals surface area contributed by atoms with E-state index in [0.29, 0.717) is 11.5 Å². The van der Waals surface area contributed by atoms with Crippen LogP contribution in [0.1, 0.15) is 51.4 Å². The predicted octanol–water partition coefficient (Wildman–Crippen LogP) is 2.87. The second-order valence-electron chi connectivity index (χ2n) is 8.45. The summed E-state index contributed by atoms with van der Waals surface area (Å²) in [5.74, 6) is 3.95. The van der Waals surface area contributed by atoms with Crippen LogP contribution in [-0.2, 0) is 0 Å². The Morgan fingerprint density at radius 2 is 1.42 bits per heavy atom. The fourth-order valence-corrected chi connectivity index (χ4v) is 6.47. The number of nitrogens with two attached hydrogens (primary N) is 1. The Balaban J connectivity index is 1.51. The molecule has 0 amide bonds. The highest BCUT2D eigenvalue weighted by Gasteiger charge is 2.54. The molecule has 4 saturated carbocycles. The lowest BCUT2D eigenvalue weighted by Crippen LogP contribution is -2.57. The summed E-state index contributed by atoms with van der Waals surface area (Å²) in [5.41, 5.74) is 7.44. The third kappa shape index (κ3) is 2.06. The van der Waals surface area contributed by atoms with Crippen molar-refractivity contribution < 1.29 is 0 Å². The molecule has 5 aliphatic rings. The molecule has 2 heteroatoms. The van der Waals surface area contributed by atoms with Crippen LogP contribution in [0.5, 0.6) is 0 Å². The van der Waals surface area contributed by atoms with Crippen molar-refractivity contribution in [2.24, 2.45) is 34.8 Å². The van der Waals surface area contributed by atoms with Gasteiger partial charge >= 0.3 is 0 Å². The minimum absolute atomic E-state index is 0.509. The van der Waals surface area contributed by atoms with Gasteiger partial charge in [-0.05, 0) is 101 Å². The van der Waals surface area contributed by atoms with Gasteiger partial charge in [-0.2, -0.15) is 0 Å². The van der Waals surface area contributed by atoms with Gasteiger partial charge in [-0.15, -0.1) is 0 Å². The van der Waals surface area contributed by atoms with Crippen molar-refractivity contribution in [3.63, 3.8) is 0 Å². The molecule has 1 saturated heterocycles. The summed E-state index contributed by atoms with van der Waals surface area (Å²) in [7, 11) is 2.26. The van der Waals surface area contributed by atoms with Gasteiger partial charge in [0, 0.05) is 6.04 Å². The lowest BCUT2D eigenvalue weighted by Gasteiger charge is -2.60. The van der Waals surface area contributed by atoms with Gasteiger partial charge in [-0.25, -0.2) is 0 Å². The van der Waals surface area contributed by atoms with E-state index in [9.17, 15) is 0 Å². The molecule has 2 nitrogen and oxygen atoms in total. The van der Waals surface area contributed by atoms with Gasteiger partial charge in [0.15, 0.2) is 0 Å². The summed E-state index contributed by atoms with van der Waals surface area (Å²) < 4.78 is 0. The molecule has 0 aromatic heterocycles. The standard InChI is InChI=1S/C17H30N2/c1-19-4-2-15(3-5-19)16(18)17-9-12-6-13(10-17)8-14(7-12)11-17/h12-16H,2-11,18H2,1H3. The lowest BCUT2D eigenvalue weighted by molar-refractivity contribution is -0.0808. The minimum Gasteiger partial charge on any atom is -0.327 e. The average molecular weight is 262 g/mol. The molecule has 19 heavy (non-hydrogen) atoms. The zero-order valence-corrected chi connectivity index (χ0v) is 12.5. The lowest BCUT2D eigenvalue weighted by atomic mass is 9.46. The number of piperidine rings is 1. The van der Waals surface area contributed by atoms with Gasteiger partial charge in [0.05, 0.1) is 0 Å². The normalized spacial score (nSPS) is 48.6. The Morgan fingerprint density at radius 1 is 0.947 bits per heavy atom. The summed E-state index contributed by atoms with van der Waals surface area (Å²) in [6.45, 7) is 2.54. The second kappa shape index (κ2) is 4.46. The van der Waals surface area contributed by atoms with Crippen molar-refractivity contribution in [3.8, 4) is 0 Å². The molecule has 108 valence electrons. The molecular formula is C17H30N2. The van der Waals surface area contributed by atoms with Crippen LogP contribution in [0.15, 0.2) is 0 Å². The number of likely N-dealkylation sites (tertiary alicyclic amines) is 1. The van der Waals surface area contributed by atoms with Crippen LogP contribution in [0.25, 0.3) is 0 Å². The highest BCUT2D eigenvalue weighted by Crippen LogP contribution is 2.62. The molecular weight excluding hydrogens is 232 g/mol. The van der Waals surface area contributed by atoms with E-state index in [4.69, 9.17) is 5.73 Å². The Kier molecular flexibility index (Phi) is 2.97. The topological polar surface area (TPSA) is 29.3 Å². The molecule has 4 aliphatic carbocycles. The zero-order chi connectivity index (χ0) is 13.0. The van der Waals surface area contributed by atoms with Crippen LogP contribution in [0.3, 0.4) is 0 Å². The summed E-state index contributed by atoms with van der Waals surface area (Å²) in [5, 5.41) is 0. The first-order valence-electron chi connectivity index (χ1n) is 8.59. The number of hydrogen-bond donors (Lipinski definition) is 1. The maximum absolute atomic E-state index is 6.87. The molecule has 4 bridgehead atoms. The largest absolute Gasteiger partial charge is 0.327 e. The highest BCUT2D eigenvalue weighted by molar-refractivity contribution is 5.07. The zero-order valence-electron chi connectivity index (χ0n) is 12.5. The van der Waals surface area contributed by atoms with E-state index in [1.807, 2.05) is 0 Å². The first-order valence-corrected chi connectivity index (χ1v) is 8.59. The third-order valence-corrected chi connectivity index (χ3v) is 7.06. The maximum atomic E-state index is 6.87. The molecule has 1 unspecified atom stereocenters. The predicted molar refractivity (Wildman–Crippen MR) is 78.8 cm³/mol. The van der Waals surface area contributed by atoms with E-state index in [-0.39, 0.29) is 0 Å². The average Bonchev–Trinajstić information content (AvgIpc) is 2.37. The molecule has 5 fully saturated rings. The van der Waals surface area contributed by atoms with E-state index in [1.165, 1.54) is 45.2 Å². The third-order valence-electron chi connectivity index (χ3n) is 7.06. The van der Waals surface area contributed by atoms with Crippen LogP contribution in [0.4, 0.5) is 0 Å². The van der Waals surface area contributed by atoms with E-state index in [2.05, 4.69) is 11.9 Å². The molecule has 0 spiro atoms. The Bertz CT molecular complexity index is 308. The minimum atomic E-state index is 0.509. The first kappa shape index (κ1) is 12.6.